The minimum atomic E-state index is -3.79. The van der Waals surface area contributed by atoms with Gasteiger partial charge in [0, 0.05) is 17.3 Å². The van der Waals surface area contributed by atoms with Crippen LogP contribution < -0.4 is 15.0 Å². The lowest BCUT2D eigenvalue weighted by molar-refractivity contribution is 0.415. The van der Waals surface area contributed by atoms with Gasteiger partial charge in [-0.3, -0.25) is 9.52 Å². The molecule has 0 aliphatic heterocycles. The van der Waals surface area contributed by atoms with Crippen LogP contribution in [0.25, 0.3) is 11.3 Å². The van der Waals surface area contributed by atoms with Crippen molar-refractivity contribution in [2.75, 3.05) is 11.8 Å². The Balaban J connectivity index is 1.96. The number of aryl methyl sites for hydroxylation is 1. The van der Waals surface area contributed by atoms with Crippen LogP contribution in [-0.2, 0) is 10.0 Å². The van der Waals surface area contributed by atoms with Crippen LogP contribution in [0.15, 0.2) is 64.3 Å². The summed E-state index contributed by atoms with van der Waals surface area (Å²) in [7, 11) is -2.25. The predicted octanol–water partition coefficient (Wildman–Crippen LogP) is 2.55. The lowest BCUT2D eigenvalue weighted by atomic mass is 10.1. The highest BCUT2D eigenvalue weighted by molar-refractivity contribution is 7.92. The highest BCUT2D eigenvalue weighted by Gasteiger charge is 2.18. The number of nitrogens with zero attached hydrogens (tertiary/aromatic N) is 1. The number of aromatic amines is 1. The van der Waals surface area contributed by atoms with Crippen molar-refractivity contribution < 1.29 is 13.2 Å². The topological polar surface area (TPSA) is 101 Å². The molecular weight excluding hydrogens is 354 g/mol. The van der Waals surface area contributed by atoms with Gasteiger partial charge in [-0.05, 0) is 48.9 Å². The van der Waals surface area contributed by atoms with Crippen LogP contribution in [0, 0.1) is 6.92 Å². The highest BCUT2D eigenvalue weighted by atomic mass is 32.2. The SMILES string of the molecule is COc1ccc(NS(=O)(=O)c2cc(-c3ccc(=O)[nH]n3)ccc2C)cc1. The van der Waals surface area contributed by atoms with Crippen molar-refractivity contribution in [3.8, 4) is 17.0 Å². The van der Waals surface area contributed by atoms with Crippen LogP contribution >= 0.6 is 0 Å². The first kappa shape index (κ1) is 17.7. The van der Waals surface area contributed by atoms with Crippen LogP contribution in [0.1, 0.15) is 5.56 Å². The summed E-state index contributed by atoms with van der Waals surface area (Å²) in [6, 6.07) is 14.5. The van der Waals surface area contributed by atoms with Crippen LogP contribution in [0.3, 0.4) is 0 Å². The molecule has 7 nitrogen and oxygen atoms in total. The van der Waals surface area contributed by atoms with E-state index in [1.165, 1.54) is 18.2 Å². The number of sulfonamides is 1. The maximum Gasteiger partial charge on any atom is 0.264 e. The first-order valence-electron chi connectivity index (χ1n) is 7.73. The fourth-order valence-electron chi connectivity index (χ4n) is 2.42. The largest absolute Gasteiger partial charge is 0.497 e. The summed E-state index contributed by atoms with van der Waals surface area (Å²) in [5.41, 5.74) is 1.76. The average molecular weight is 371 g/mol. The molecule has 1 aromatic heterocycles. The number of ether oxygens (including phenoxy) is 1. The molecule has 0 unspecified atom stereocenters. The summed E-state index contributed by atoms with van der Waals surface area (Å²) in [6.45, 7) is 1.71. The number of H-pyrrole nitrogens is 1. The van der Waals surface area contributed by atoms with E-state index < -0.39 is 10.0 Å². The Bertz CT molecular complexity index is 1070. The third-order valence-electron chi connectivity index (χ3n) is 3.79. The summed E-state index contributed by atoms with van der Waals surface area (Å²) >= 11 is 0. The van der Waals surface area contributed by atoms with E-state index in [4.69, 9.17) is 4.74 Å². The van der Waals surface area contributed by atoms with Crippen LogP contribution in [0.4, 0.5) is 5.69 Å². The van der Waals surface area contributed by atoms with Gasteiger partial charge < -0.3 is 4.74 Å². The zero-order valence-corrected chi connectivity index (χ0v) is 15.0. The first-order chi connectivity index (χ1) is 12.4. The van der Waals surface area contributed by atoms with E-state index in [1.54, 1.807) is 50.4 Å². The number of anilines is 1. The molecule has 0 spiro atoms. The molecule has 134 valence electrons. The average Bonchev–Trinajstić information content (AvgIpc) is 2.63. The van der Waals surface area contributed by atoms with E-state index in [0.29, 0.717) is 28.3 Å². The van der Waals surface area contributed by atoms with Gasteiger partial charge >= 0.3 is 0 Å². The van der Waals surface area contributed by atoms with Crippen LogP contribution in [0.5, 0.6) is 5.75 Å². The molecule has 0 aliphatic rings. The monoisotopic (exact) mass is 371 g/mol. The molecule has 3 rings (SSSR count). The molecule has 2 N–H and O–H groups in total. The van der Waals surface area contributed by atoms with Gasteiger partial charge in [0.1, 0.15) is 5.75 Å². The molecule has 26 heavy (non-hydrogen) atoms. The number of nitrogens with one attached hydrogen (secondary N) is 2. The molecule has 0 saturated heterocycles. The van der Waals surface area contributed by atoms with Crippen molar-refractivity contribution >= 4 is 15.7 Å². The molecule has 0 aliphatic carbocycles. The fraction of sp³-hybridized carbons (Fsp3) is 0.111. The van der Waals surface area contributed by atoms with Crippen molar-refractivity contribution in [1.82, 2.24) is 10.2 Å². The van der Waals surface area contributed by atoms with Gasteiger partial charge in [0.25, 0.3) is 15.6 Å². The second-order valence-electron chi connectivity index (χ2n) is 5.62. The Hall–Kier alpha value is -3.13. The summed E-state index contributed by atoms with van der Waals surface area (Å²) in [5, 5.41) is 6.28. The van der Waals surface area contributed by atoms with E-state index in [0.717, 1.165) is 0 Å². The standard InChI is InChI=1S/C18H17N3O4S/c1-12-3-4-13(16-9-10-18(22)20-19-16)11-17(12)26(23,24)21-14-5-7-15(25-2)8-6-14/h3-11,21H,1-2H3,(H,20,22). The molecule has 0 amide bonds. The fourth-order valence-corrected chi connectivity index (χ4v) is 3.75. The maximum absolute atomic E-state index is 12.8. The number of hydrogen-bond acceptors (Lipinski definition) is 5. The summed E-state index contributed by atoms with van der Waals surface area (Å²) < 4.78 is 33.2. The Morgan fingerprint density at radius 2 is 1.77 bits per heavy atom. The molecule has 0 fully saturated rings. The van der Waals surface area contributed by atoms with Gasteiger partial charge in [-0.1, -0.05) is 12.1 Å². The molecule has 0 saturated carbocycles. The molecule has 0 atom stereocenters. The number of benzene rings is 2. The molecule has 3 aromatic rings. The highest BCUT2D eigenvalue weighted by Crippen LogP contribution is 2.25. The van der Waals surface area contributed by atoms with E-state index >= 15 is 0 Å². The lowest BCUT2D eigenvalue weighted by Gasteiger charge is -2.12. The van der Waals surface area contributed by atoms with E-state index in [1.807, 2.05) is 0 Å². The number of methoxy groups -OCH3 is 1. The minimum absolute atomic E-state index is 0.138. The van der Waals surface area contributed by atoms with Crippen molar-refractivity contribution in [2.45, 2.75) is 11.8 Å². The Morgan fingerprint density at radius 3 is 2.38 bits per heavy atom. The molecule has 0 radical (unpaired) electrons. The summed E-state index contributed by atoms with van der Waals surface area (Å²) in [6.07, 6.45) is 0. The van der Waals surface area contributed by atoms with Gasteiger partial charge in [0.15, 0.2) is 0 Å². The normalized spacial score (nSPS) is 11.2. The number of rotatable bonds is 5. The first-order valence-corrected chi connectivity index (χ1v) is 9.21. The van der Waals surface area contributed by atoms with Crippen molar-refractivity contribution in [3.05, 3.63) is 70.5 Å². The zero-order valence-electron chi connectivity index (χ0n) is 14.2. The predicted molar refractivity (Wildman–Crippen MR) is 98.8 cm³/mol. The van der Waals surface area contributed by atoms with Crippen molar-refractivity contribution in [3.63, 3.8) is 0 Å². The molecule has 2 aromatic carbocycles. The van der Waals surface area contributed by atoms with Gasteiger partial charge in [0.05, 0.1) is 17.7 Å². The van der Waals surface area contributed by atoms with Gasteiger partial charge in [-0.15, -0.1) is 0 Å². The third kappa shape index (κ3) is 3.75. The maximum atomic E-state index is 12.8. The van der Waals surface area contributed by atoms with Crippen molar-refractivity contribution in [1.29, 1.82) is 0 Å². The number of hydrogen-bond donors (Lipinski definition) is 2. The molecule has 0 bridgehead atoms. The summed E-state index contributed by atoms with van der Waals surface area (Å²) in [5.74, 6) is 0.635. The quantitative estimate of drug-likeness (QED) is 0.718. The van der Waals surface area contributed by atoms with E-state index in [9.17, 15) is 13.2 Å². The Kier molecular flexibility index (Phi) is 4.77. The van der Waals surface area contributed by atoms with E-state index in [2.05, 4.69) is 14.9 Å². The smallest absolute Gasteiger partial charge is 0.264 e. The molecular formula is C18H17N3O4S. The van der Waals surface area contributed by atoms with Gasteiger partial charge in [0.2, 0.25) is 0 Å². The van der Waals surface area contributed by atoms with Gasteiger partial charge in [-0.25, -0.2) is 13.5 Å². The zero-order chi connectivity index (χ0) is 18.7. The Morgan fingerprint density at radius 1 is 1.04 bits per heavy atom. The minimum Gasteiger partial charge on any atom is -0.497 e. The second kappa shape index (κ2) is 7.01. The van der Waals surface area contributed by atoms with Crippen LogP contribution in [-0.4, -0.2) is 25.7 Å². The second-order valence-corrected chi connectivity index (χ2v) is 7.27. The molecule has 1 heterocycles. The molecule has 8 heteroatoms. The van der Waals surface area contributed by atoms with Gasteiger partial charge in [-0.2, -0.15) is 5.10 Å². The lowest BCUT2D eigenvalue weighted by Crippen LogP contribution is -2.14. The Labute approximate surface area is 150 Å². The van der Waals surface area contributed by atoms with E-state index in [-0.39, 0.29) is 10.5 Å². The van der Waals surface area contributed by atoms with Crippen molar-refractivity contribution in [2.24, 2.45) is 0 Å². The summed E-state index contributed by atoms with van der Waals surface area (Å²) in [4.78, 5) is 11.3. The number of aromatic nitrogens is 2. The van der Waals surface area contributed by atoms with Crippen LogP contribution in [0.2, 0.25) is 0 Å². The third-order valence-corrected chi connectivity index (χ3v) is 5.32.